The van der Waals surface area contributed by atoms with Crippen molar-refractivity contribution >= 4 is 13.8 Å². The molecule has 0 saturated heterocycles. The lowest BCUT2D eigenvalue weighted by atomic mass is 9.85. The lowest BCUT2D eigenvalue weighted by Crippen LogP contribution is -2.64. The van der Waals surface area contributed by atoms with Gasteiger partial charge in [-0.25, -0.2) is 4.57 Å². The zero-order chi connectivity index (χ0) is 52.6. The van der Waals surface area contributed by atoms with Gasteiger partial charge in [0.2, 0.25) is 0 Å². The standard InChI is InChI=1S/C59H93O12P/c1-3-5-7-9-11-13-15-17-19-21-23-25-26-27-29-31-33-35-37-39-41-43-45-47-49-68-50-52(51-69-72(66,67)71-59-57(64)55(62)54(61)56(63)58(59)65)70-53(60)48-46-44-42-40-38-36-34-32-30-28-24-22-20-18-16-14-12-10-8-6-4-2/h5-8,11-14,17-20,23-25,27-29,32-35,38,40,52,54-59,61-65H,3-4,9-10,15-16,21-22,26,30-31,36-37,39,41-51H2,1-2H3,(H,66,67)/b7-5-,8-6-,13-11-,14-12-,19-17-,20-18-,25-23-,28-24-,29-27-,34-32-,35-33-,40-38-. The van der Waals surface area contributed by atoms with Crippen LogP contribution in [0.4, 0.5) is 0 Å². The van der Waals surface area contributed by atoms with Crippen molar-refractivity contribution in [3.63, 3.8) is 0 Å². The molecular formula is C59H93O12P. The molecule has 0 bridgehead atoms. The Kier molecular flexibility index (Phi) is 43.2. The number of hydrogen-bond acceptors (Lipinski definition) is 11. The van der Waals surface area contributed by atoms with Gasteiger partial charge in [0.25, 0.3) is 0 Å². The van der Waals surface area contributed by atoms with Crippen LogP contribution >= 0.6 is 7.82 Å². The summed E-state index contributed by atoms with van der Waals surface area (Å²) in [5, 5.41) is 50.4. The Bertz CT molecular complexity index is 1740. The quantitative estimate of drug-likeness (QED) is 0.0147. The summed E-state index contributed by atoms with van der Waals surface area (Å²) >= 11 is 0. The Morgan fingerprint density at radius 1 is 0.444 bits per heavy atom. The summed E-state index contributed by atoms with van der Waals surface area (Å²) in [6.45, 7) is 3.92. The number of unbranched alkanes of at least 4 members (excludes halogenated alkanes) is 7. The predicted molar refractivity (Wildman–Crippen MR) is 294 cm³/mol. The van der Waals surface area contributed by atoms with Crippen molar-refractivity contribution in [3.8, 4) is 0 Å². The van der Waals surface area contributed by atoms with E-state index in [2.05, 4.69) is 160 Å². The van der Waals surface area contributed by atoms with Crippen LogP contribution in [0.15, 0.2) is 146 Å². The number of allylic oxidation sites excluding steroid dienone is 24. The number of hydrogen-bond donors (Lipinski definition) is 6. The molecule has 72 heavy (non-hydrogen) atoms. The molecule has 6 unspecified atom stereocenters. The Balaban J connectivity index is 2.41. The maximum Gasteiger partial charge on any atom is 0.472 e. The van der Waals surface area contributed by atoms with Crippen molar-refractivity contribution in [2.24, 2.45) is 0 Å². The summed E-state index contributed by atoms with van der Waals surface area (Å²) in [7, 11) is -5.06. The summed E-state index contributed by atoms with van der Waals surface area (Å²) in [4.78, 5) is 23.3. The third kappa shape index (κ3) is 37.9. The van der Waals surface area contributed by atoms with Gasteiger partial charge >= 0.3 is 13.8 Å². The molecule has 0 spiro atoms. The summed E-state index contributed by atoms with van der Waals surface area (Å²) in [6.07, 6.45) is 59.1. The molecule has 13 heteroatoms. The topological polar surface area (TPSA) is 192 Å². The van der Waals surface area contributed by atoms with Crippen molar-refractivity contribution in [3.05, 3.63) is 146 Å². The first kappa shape index (κ1) is 66.2. The Labute approximate surface area is 434 Å². The van der Waals surface area contributed by atoms with E-state index in [-0.39, 0.29) is 13.0 Å². The number of aliphatic hydroxyl groups excluding tert-OH is 5. The zero-order valence-corrected chi connectivity index (χ0v) is 44.5. The van der Waals surface area contributed by atoms with Crippen molar-refractivity contribution in [1.29, 1.82) is 0 Å². The minimum absolute atomic E-state index is 0.115. The van der Waals surface area contributed by atoms with Gasteiger partial charge in [-0.3, -0.25) is 13.8 Å². The van der Waals surface area contributed by atoms with Crippen LogP contribution in [-0.4, -0.2) is 98.9 Å². The van der Waals surface area contributed by atoms with Crippen LogP contribution in [0.5, 0.6) is 0 Å². The average Bonchev–Trinajstić information content (AvgIpc) is 3.37. The predicted octanol–water partition coefficient (Wildman–Crippen LogP) is 12.5. The van der Waals surface area contributed by atoms with E-state index in [9.17, 15) is 39.8 Å². The van der Waals surface area contributed by atoms with Gasteiger partial charge < -0.3 is 39.9 Å². The van der Waals surface area contributed by atoms with Crippen LogP contribution in [0.25, 0.3) is 0 Å². The lowest BCUT2D eigenvalue weighted by molar-refractivity contribution is -0.220. The smallest absolute Gasteiger partial charge is 0.457 e. The normalized spacial score (nSPS) is 21.8. The van der Waals surface area contributed by atoms with Crippen LogP contribution in [-0.2, 0) is 27.9 Å². The fourth-order valence-electron chi connectivity index (χ4n) is 7.07. The third-order valence-corrected chi connectivity index (χ3v) is 12.2. The summed E-state index contributed by atoms with van der Waals surface area (Å²) < 4.78 is 34.3. The number of esters is 1. The molecule has 1 fully saturated rings. The summed E-state index contributed by atoms with van der Waals surface area (Å²) in [5.41, 5.74) is 0. The number of rotatable bonds is 43. The maximum atomic E-state index is 12.9. The van der Waals surface area contributed by atoms with Gasteiger partial charge in [-0.15, -0.1) is 0 Å². The second-order valence-corrected chi connectivity index (χ2v) is 19.0. The zero-order valence-electron chi connectivity index (χ0n) is 43.7. The lowest BCUT2D eigenvalue weighted by Gasteiger charge is -2.41. The van der Waals surface area contributed by atoms with Crippen molar-refractivity contribution in [2.75, 3.05) is 19.8 Å². The molecule has 0 radical (unpaired) electrons. The van der Waals surface area contributed by atoms with Crippen LogP contribution < -0.4 is 0 Å². The Morgan fingerprint density at radius 2 is 0.778 bits per heavy atom. The van der Waals surface area contributed by atoms with Gasteiger partial charge in [-0.1, -0.05) is 179 Å². The van der Waals surface area contributed by atoms with E-state index < -0.39 is 63.1 Å². The van der Waals surface area contributed by atoms with Crippen molar-refractivity contribution in [1.82, 2.24) is 0 Å². The molecule has 1 saturated carbocycles. The second kappa shape index (κ2) is 47.0. The van der Waals surface area contributed by atoms with E-state index in [1.54, 1.807) is 0 Å². The molecule has 0 aromatic rings. The molecule has 0 heterocycles. The van der Waals surface area contributed by atoms with Crippen LogP contribution in [0.1, 0.15) is 155 Å². The molecule has 1 aliphatic carbocycles. The van der Waals surface area contributed by atoms with Gasteiger partial charge in [0.05, 0.1) is 13.2 Å². The Morgan fingerprint density at radius 3 is 1.18 bits per heavy atom. The van der Waals surface area contributed by atoms with E-state index >= 15 is 0 Å². The molecule has 0 aromatic heterocycles. The first-order chi connectivity index (χ1) is 35.0. The van der Waals surface area contributed by atoms with Gasteiger partial charge in [-0.05, 0) is 116 Å². The SMILES string of the molecule is CC/C=C\C/C=C\C/C=C\C/C=C\C/C=C\C/C=C\CCCCCCCOCC(COP(=O)(O)OC1C(O)C(O)C(O)C(O)C1O)OC(=O)CCCC/C=C\C/C=C\C/C=C\C/C=C\C/C=C\C/C=C\CC. The molecular weight excluding hydrogens is 932 g/mol. The highest BCUT2D eigenvalue weighted by molar-refractivity contribution is 7.47. The number of ether oxygens (including phenoxy) is 2. The molecule has 0 aliphatic heterocycles. The molecule has 12 nitrogen and oxygen atoms in total. The first-order valence-corrected chi connectivity index (χ1v) is 28.2. The van der Waals surface area contributed by atoms with Crippen LogP contribution in [0, 0.1) is 0 Å². The van der Waals surface area contributed by atoms with Gasteiger partial charge in [0, 0.05) is 13.0 Å². The van der Waals surface area contributed by atoms with Gasteiger partial charge in [-0.2, -0.15) is 0 Å². The van der Waals surface area contributed by atoms with E-state index in [0.717, 1.165) is 128 Å². The fourth-order valence-corrected chi connectivity index (χ4v) is 8.04. The first-order valence-electron chi connectivity index (χ1n) is 26.7. The summed E-state index contributed by atoms with van der Waals surface area (Å²) in [5.74, 6) is -0.533. The van der Waals surface area contributed by atoms with E-state index in [1.807, 2.05) is 0 Å². The average molecular weight is 1030 g/mol. The second-order valence-electron chi connectivity index (χ2n) is 17.6. The molecule has 1 rings (SSSR count). The van der Waals surface area contributed by atoms with Crippen LogP contribution in [0.2, 0.25) is 0 Å². The van der Waals surface area contributed by atoms with Gasteiger partial charge in [0.15, 0.2) is 0 Å². The molecule has 6 N–H and O–H groups in total. The number of phosphoric ester groups is 1. The monoisotopic (exact) mass is 1020 g/mol. The molecule has 1 aliphatic rings. The van der Waals surface area contributed by atoms with Gasteiger partial charge in [0.1, 0.15) is 42.7 Å². The number of carbonyl (C=O) groups is 1. The number of phosphoric acid groups is 1. The van der Waals surface area contributed by atoms with E-state index in [0.29, 0.717) is 13.0 Å². The molecule has 6 atom stereocenters. The van der Waals surface area contributed by atoms with E-state index in [4.69, 9.17) is 18.5 Å². The van der Waals surface area contributed by atoms with Crippen molar-refractivity contribution in [2.45, 2.75) is 198 Å². The Hall–Kier alpha value is -3.78. The molecule has 0 amide bonds. The fraction of sp³-hybridized carbons (Fsp3) is 0.576. The summed E-state index contributed by atoms with van der Waals surface area (Å²) in [6, 6.07) is 0. The number of carbonyl (C=O) groups excluding carboxylic acids is 1. The third-order valence-electron chi connectivity index (χ3n) is 11.2. The minimum Gasteiger partial charge on any atom is -0.457 e. The molecule has 0 aromatic carbocycles. The van der Waals surface area contributed by atoms with Crippen LogP contribution in [0.3, 0.4) is 0 Å². The highest BCUT2D eigenvalue weighted by Gasteiger charge is 2.51. The molecule has 406 valence electrons. The largest absolute Gasteiger partial charge is 0.472 e. The van der Waals surface area contributed by atoms with Crippen molar-refractivity contribution < 1.29 is 58.3 Å². The number of aliphatic hydroxyl groups is 5. The maximum absolute atomic E-state index is 12.9. The minimum atomic E-state index is -5.06. The highest BCUT2D eigenvalue weighted by Crippen LogP contribution is 2.47. The highest BCUT2D eigenvalue weighted by atomic mass is 31.2. The van der Waals surface area contributed by atoms with E-state index in [1.165, 1.54) is 0 Å².